The van der Waals surface area contributed by atoms with Crippen LogP contribution >= 0.6 is 0 Å². The maximum absolute atomic E-state index is 12.9. The van der Waals surface area contributed by atoms with Gasteiger partial charge in [-0.2, -0.15) is 0 Å². The van der Waals surface area contributed by atoms with Gasteiger partial charge in [-0.1, -0.05) is 19.9 Å². The Morgan fingerprint density at radius 1 is 1.18 bits per heavy atom. The second-order valence-corrected chi connectivity index (χ2v) is 11.4. The van der Waals surface area contributed by atoms with Crippen molar-refractivity contribution >= 4 is 29.7 Å². The zero-order valence-electron chi connectivity index (χ0n) is 20.4. The van der Waals surface area contributed by atoms with Crippen molar-refractivity contribution in [3.63, 3.8) is 0 Å². The summed E-state index contributed by atoms with van der Waals surface area (Å²) >= 11 is 0. The quantitative estimate of drug-likeness (QED) is 0.638. The molecule has 7 nitrogen and oxygen atoms in total. The van der Waals surface area contributed by atoms with E-state index in [2.05, 4.69) is 35.5 Å². The summed E-state index contributed by atoms with van der Waals surface area (Å²) < 4.78 is 0. The smallest absolute Gasteiger partial charge is 0.246 e. The SMILES string of the molecule is CN1C(=O)C=C[C@]2(C)[C@H]3CC[C@]4(C)[C@@H](CC(=O)Nc5ccc(NC=O)nc5)CC[C@H]4[C@@H]3CC[C@@H]12. The first kappa shape index (κ1) is 23.1. The molecule has 1 aromatic heterocycles. The molecule has 0 radical (unpaired) electrons. The van der Waals surface area contributed by atoms with Gasteiger partial charge in [0, 0.05) is 24.9 Å². The number of aromatic nitrogens is 1. The summed E-state index contributed by atoms with van der Waals surface area (Å²) in [6.07, 6.45) is 13.6. The molecule has 0 saturated heterocycles. The van der Waals surface area contributed by atoms with Crippen LogP contribution < -0.4 is 10.6 Å². The van der Waals surface area contributed by atoms with Crippen molar-refractivity contribution in [3.05, 3.63) is 30.5 Å². The van der Waals surface area contributed by atoms with Gasteiger partial charge in [-0.25, -0.2) is 4.98 Å². The lowest BCUT2D eigenvalue weighted by Gasteiger charge is -2.60. The maximum atomic E-state index is 12.9. The van der Waals surface area contributed by atoms with E-state index in [1.807, 2.05) is 11.9 Å². The van der Waals surface area contributed by atoms with E-state index in [0.29, 0.717) is 54.0 Å². The van der Waals surface area contributed by atoms with Gasteiger partial charge in [0.2, 0.25) is 18.2 Å². The van der Waals surface area contributed by atoms with Crippen molar-refractivity contribution in [2.24, 2.45) is 34.5 Å². The van der Waals surface area contributed by atoms with Crippen LogP contribution in [0.1, 0.15) is 58.8 Å². The normalized spacial score (nSPS) is 38.5. The Hall–Kier alpha value is -2.70. The number of amides is 3. The van der Waals surface area contributed by atoms with Crippen molar-refractivity contribution < 1.29 is 14.4 Å². The minimum Gasteiger partial charge on any atom is -0.338 e. The summed E-state index contributed by atoms with van der Waals surface area (Å²) in [5.74, 6) is 2.95. The molecule has 3 aliphatic carbocycles. The molecule has 7 heteroatoms. The number of nitrogens with zero attached hydrogens (tertiary/aromatic N) is 2. The predicted molar refractivity (Wildman–Crippen MR) is 131 cm³/mol. The predicted octanol–water partition coefficient (Wildman–Crippen LogP) is 4.23. The van der Waals surface area contributed by atoms with Gasteiger partial charge in [0.05, 0.1) is 11.9 Å². The van der Waals surface area contributed by atoms with E-state index in [1.54, 1.807) is 24.4 Å². The van der Waals surface area contributed by atoms with E-state index in [4.69, 9.17) is 0 Å². The molecule has 2 heterocycles. The van der Waals surface area contributed by atoms with Crippen molar-refractivity contribution in [1.82, 2.24) is 9.88 Å². The monoisotopic (exact) mass is 464 g/mol. The average molecular weight is 465 g/mol. The van der Waals surface area contributed by atoms with Gasteiger partial charge in [0.15, 0.2) is 0 Å². The fourth-order valence-corrected chi connectivity index (χ4v) is 8.23. The summed E-state index contributed by atoms with van der Waals surface area (Å²) in [5, 5.41) is 5.50. The molecule has 2 N–H and O–H groups in total. The second kappa shape index (κ2) is 8.51. The Kier molecular flexibility index (Phi) is 5.77. The zero-order valence-corrected chi connectivity index (χ0v) is 20.4. The van der Waals surface area contributed by atoms with Crippen LogP contribution in [0, 0.1) is 34.5 Å². The Bertz CT molecular complexity index is 1010. The number of nitrogens with one attached hydrogen (secondary N) is 2. The van der Waals surface area contributed by atoms with Gasteiger partial charge in [-0.15, -0.1) is 0 Å². The third-order valence-corrected chi connectivity index (χ3v) is 10.0. The Balaban J connectivity index is 1.27. The van der Waals surface area contributed by atoms with Gasteiger partial charge in [0.1, 0.15) is 5.82 Å². The number of likely N-dealkylation sites (N-methyl/N-ethyl adjacent to an activating group) is 1. The van der Waals surface area contributed by atoms with Crippen molar-refractivity contribution in [3.8, 4) is 0 Å². The van der Waals surface area contributed by atoms with E-state index in [-0.39, 0.29) is 22.6 Å². The van der Waals surface area contributed by atoms with Gasteiger partial charge in [-0.3, -0.25) is 14.4 Å². The topological polar surface area (TPSA) is 91.4 Å². The number of hydrogen-bond donors (Lipinski definition) is 2. The molecule has 7 atom stereocenters. The van der Waals surface area contributed by atoms with Crippen LogP contribution in [0.4, 0.5) is 11.5 Å². The van der Waals surface area contributed by atoms with E-state index in [1.165, 1.54) is 19.3 Å². The van der Waals surface area contributed by atoms with Gasteiger partial charge in [-0.05, 0) is 85.8 Å². The summed E-state index contributed by atoms with van der Waals surface area (Å²) in [4.78, 5) is 41.9. The van der Waals surface area contributed by atoms with Crippen LogP contribution in [0.3, 0.4) is 0 Å². The Morgan fingerprint density at radius 2 is 2.00 bits per heavy atom. The molecule has 0 spiro atoms. The minimum absolute atomic E-state index is 0.0397. The first-order valence-corrected chi connectivity index (χ1v) is 12.7. The number of rotatable bonds is 5. The van der Waals surface area contributed by atoms with Crippen molar-refractivity contribution in [2.75, 3.05) is 17.7 Å². The molecule has 34 heavy (non-hydrogen) atoms. The van der Waals surface area contributed by atoms with Crippen molar-refractivity contribution in [1.29, 1.82) is 0 Å². The lowest BCUT2D eigenvalue weighted by atomic mass is 9.47. The van der Waals surface area contributed by atoms with Gasteiger partial charge in [0.25, 0.3) is 0 Å². The highest BCUT2D eigenvalue weighted by Crippen LogP contribution is 2.65. The molecule has 0 aromatic carbocycles. The molecule has 3 saturated carbocycles. The third kappa shape index (κ3) is 3.64. The Labute approximate surface area is 201 Å². The number of fused-ring (bicyclic) bond motifs is 5. The molecule has 5 rings (SSSR count). The Morgan fingerprint density at radius 3 is 2.74 bits per heavy atom. The van der Waals surface area contributed by atoms with Crippen molar-refractivity contribution in [2.45, 2.75) is 64.8 Å². The number of carbonyl (C=O) groups excluding carboxylic acids is 3. The number of pyridine rings is 1. The first-order chi connectivity index (χ1) is 16.3. The highest BCUT2D eigenvalue weighted by atomic mass is 16.2. The van der Waals surface area contributed by atoms with E-state index < -0.39 is 0 Å². The third-order valence-electron chi connectivity index (χ3n) is 10.0. The molecule has 3 amide bonds. The lowest BCUT2D eigenvalue weighted by molar-refractivity contribution is -0.139. The number of hydrogen-bond acceptors (Lipinski definition) is 4. The van der Waals surface area contributed by atoms with Crippen LogP contribution in [0.15, 0.2) is 30.5 Å². The molecule has 1 aliphatic heterocycles. The minimum atomic E-state index is 0.0397. The molecular formula is C27H36N4O3. The summed E-state index contributed by atoms with van der Waals surface area (Å²) in [7, 11) is 1.97. The zero-order chi connectivity index (χ0) is 24.1. The summed E-state index contributed by atoms with van der Waals surface area (Å²) in [5.41, 5.74) is 0.900. The van der Waals surface area contributed by atoms with Crippen LogP contribution in [0.5, 0.6) is 0 Å². The highest BCUT2D eigenvalue weighted by Gasteiger charge is 2.60. The van der Waals surface area contributed by atoms with Gasteiger partial charge < -0.3 is 15.5 Å². The van der Waals surface area contributed by atoms with Crippen LogP contribution in [0.25, 0.3) is 0 Å². The fraction of sp³-hybridized carbons (Fsp3) is 0.630. The van der Waals surface area contributed by atoms with Crippen LogP contribution in [0.2, 0.25) is 0 Å². The molecule has 0 unspecified atom stereocenters. The van der Waals surface area contributed by atoms with E-state index in [0.717, 1.165) is 19.3 Å². The number of carbonyl (C=O) groups is 3. The first-order valence-electron chi connectivity index (χ1n) is 12.7. The molecule has 4 aliphatic rings. The van der Waals surface area contributed by atoms with E-state index >= 15 is 0 Å². The molecule has 182 valence electrons. The van der Waals surface area contributed by atoms with Crippen LogP contribution in [-0.4, -0.2) is 41.2 Å². The molecular weight excluding hydrogens is 428 g/mol. The standard InChI is InChI=1S/C27H36N4O3/c1-26-12-10-21-19(6-8-22-27(21,2)13-11-25(34)31(22)3)20(26)7-4-17(26)14-24(33)30-18-5-9-23(28-15-18)29-16-32/h5,9,11,13,15-17,19-22H,4,6-8,10,12,14H2,1-3H3,(H,30,33)(H,28,29,32)/t17-,19+,20+,21+,22-,26-,27-/m1/s1. The second-order valence-electron chi connectivity index (χ2n) is 11.4. The average Bonchev–Trinajstić information content (AvgIpc) is 3.14. The van der Waals surface area contributed by atoms with Gasteiger partial charge >= 0.3 is 0 Å². The summed E-state index contributed by atoms with van der Waals surface area (Å²) in [6.45, 7) is 4.81. The number of anilines is 2. The van der Waals surface area contributed by atoms with Crippen LogP contribution in [-0.2, 0) is 14.4 Å². The summed E-state index contributed by atoms with van der Waals surface area (Å²) in [6, 6.07) is 3.75. The fourth-order valence-electron chi connectivity index (χ4n) is 8.23. The molecule has 3 fully saturated rings. The largest absolute Gasteiger partial charge is 0.338 e. The lowest BCUT2D eigenvalue weighted by Crippen LogP contribution is -2.59. The van der Waals surface area contributed by atoms with E-state index in [9.17, 15) is 14.4 Å². The molecule has 0 bridgehead atoms. The molecule has 1 aromatic rings. The highest BCUT2D eigenvalue weighted by molar-refractivity contribution is 5.91. The maximum Gasteiger partial charge on any atom is 0.246 e.